The molecule has 2 aromatic heterocycles. The lowest BCUT2D eigenvalue weighted by Crippen LogP contribution is -2.50. The van der Waals surface area contributed by atoms with Crippen molar-refractivity contribution in [2.24, 2.45) is 5.92 Å². The summed E-state index contributed by atoms with van der Waals surface area (Å²) in [5, 5.41) is 4.41. The number of aromatic nitrogens is 4. The third kappa shape index (κ3) is 3.35. The third-order valence-electron chi connectivity index (χ3n) is 4.49. The molecule has 25 heavy (non-hydrogen) atoms. The van der Waals surface area contributed by atoms with Crippen LogP contribution in [0.15, 0.2) is 29.2 Å². The highest BCUT2D eigenvalue weighted by Crippen LogP contribution is 2.38. The van der Waals surface area contributed by atoms with Crippen LogP contribution < -0.4 is 10.5 Å². The van der Waals surface area contributed by atoms with Crippen molar-refractivity contribution in [2.45, 2.75) is 31.5 Å². The van der Waals surface area contributed by atoms with Crippen LogP contribution in [0.5, 0.6) is 0 Å². The molecule has 2 aromatic rings. The van der Waals surface area contributed by atoms with E-state index in [-0.39, 0.29) is 17.4 Å². The van der Waals surface area contributed by atoms with Crippen LogP contribution in [0, 0.1) is 5.92 Å². The van der Waals surface area contributed by atoms with Gasteiger partial charge in [-0.1, -0.05) is 0 Å². The molecular formula is C16H16F3N5O. The van der Waals surface area contributed by atoms with Crippen LogP contribution in [0.1, 0.15) is 30.1 Å². The third-order valence-corrected chi connectivity index (χ3v) is 4.49. The number of halogens is 3. The van der Waals surface area contributed by atoms with Gasteiger partial charge in [-0.15, -0.1) is 0 Å². The van der Waals surface area contributed by atoms with Gasteiger partial charge in [-0.25, -0.2) is 14.6 Å². The molecule has 0 spiro atoms. The summed E-state index contributed by atoms with van der Waals surface area (Å²) in [7, 11) is 0. The van der Waals surface area contributed by atoms with Gasteiger partial charge >= 0.3 is 6.18 Å². The Morgan fingerprint density at radius 2 is 1.92 bits per heavy atom. The lowest BCUT2D eigenvalue weighted by Gasteiger charge is -2.39. The van der Waals surface area contributed by atoms with Crippen molar-refractivity contribution in [1.82, 2.24) is 19.7 Å². The molecule has 1 aliphatic carbocycles. The quantitative estimate of drug-likeness (QED) is 0.844. The van der Waals surface area contributed by atoms with Crippen molar-refractivity contribution in [2.75, 3.05) is 18.0 Å². The molecule has 4 rings (SSSR count). The first-order valence-electron chi connectivity index (χ1n) is 8.13. The second-order valence-corrected chi connectivity index (χ2v) is 6.56. The zero-order valence-corrected chi connectivity index (χ0v) is 13.3. The Balaban J connectivity index is 1.41. The normalized spacial score (nSPS) is 18.3. The van der Waals surface area contributed by atoms with E-state index < -0.39 is 11.9 Å². The van der Waals surface area contributed by atoms with Gasteiger partial charge in [0, 0.05) is 37.2 Å². The van der Waals surface area contributed by atoms with E-state index in [0.717, 1.165) is 30.8 Å². The first kappa shape index (κ1) is 16.0. The molecule has 9 heteroatoms. The highest BCUT2D eigenvalue weighted by molar-refractivity contribution is 5.34. The Morgan fingerprint density at radius 3 is 2.60 bits per heavy atom. The van der Waals surface area contributed by atoms with Crippen LogP contribution >= 0.6 is 0 Å². The smallest absolute Gasteiger partial charge is 0.340 e. The molecule has 1 saturated carbocycles. The number of anilines is 1. The van der Waals surface area contributed by atoms with E-state index in [1.54, 1.807) is 11.0 Å². The Bertz CT molecular complexity index is 840. The van der Waals surface area contributed by atoms with Crippen molar-refractivity contribution in [1.29, 1.82) is 0 Å². The van der Waals surface area contributed by atoms with Crippen molar-refractivity contribution in [3.8, 4) is 0 Å². The van der Waals surface area contributed by atoms with Gasteiger partial charge in [-0.2, -0.15) is 18.3 Å². The molecule has 2 aliphatic rings. The number of hydrogen-bond donors (Lipinski definition) is 0. The van der Waals surface area contributed by atoms with Crippen LogP contribution in [0.4, 0.5) is 19.1 Å². The predicted molar refractivity (Wildman–Crippen MR) is 83.2 cm³/mol. The molecule has 0 aromatic carbocycles. The molecule has 1 saturated heterocycles. The molecule has 0 bridgehead atoms. The minimum Gasteiger partial charge on any atom is -0.340 e. The summed E-state index contributed by atoms with van der Waals surface area (Å²) < 4.78 is 39.6. The first-order valence-corrected chi connectivity index (χ1v) is 8.13. The van der Waals surface area contributed by atoms with E-state index in [4.69, 9.17) is 0 Å². The minimum absolute atomic E-state index is 0.0677. The van der Waals surface area contributed by atoms with Crippen molar-refractivity contribution < 1.29 is 13.2 Å². The Labute approximate surface area is 141 Å². The Hall–Kier alpha value is -2.45. The zero-order chi connectivity index (χ0) is 17.6. The van der Waals surface area contributed by atoms with Gasteiger partial charge in [0.25, 0.3) is 5.56 Å². The standard InChI is InChI=1S/C16H16F3N5O/c17-16(18,19)13-5-6-20-15(21-13)23-7-10(8-23)9-24-14(25)4-3-12(22-24)11-1-2-11/h3-6,10-11H,1-2,7-9H2. The summed E-state index contributed by atoms with van der Waals surface area (Å²) in [6.07, 6.45) is -1.16. The first-order chi connectivity index (χ1) is 11.9. The van der Waals surface area contributed by atoms with Crippen LogP contribution in [0.2, 0.25) is 0 Å². The maximum Gasteiger partial charge on any atom is 0.433 e. The monoisotopic (exact) mass is 351 g/mol. The summed E-state index contributed by atoms with van der Waals surface area (Å²) >= 11 is 0. The molecule has 1 aliphatic heterocycles. The second-order valence-electron chi connectivity index (χ2n) is 6.56. The SMILES string of the molecule is O=c1ccc(C2CC2)nn1CC1CN(c2nccc(C(F)(F)F)n2)C1. The van der Waals surface area contributed by atoms with Crippen LogP contribution in [-0.4, -0.2) is 32.8 Å². The largest absolute Gasteiger partial charge is 0.433 e. The van der Waals surface area contributed by atoms with Crippen molar-refractivity contribution in [3.63, 3.8) is 0 Å². The summed E-state index contributed by atoms with van der Waals surface area (Å²) in [4.78, 5) is 21.1. The lowest BCUT2D eigenvalue weighted by molar-refractivity contribution is -0.141. The summed E-state index contributed by atoms with van der Waals surface area (Å²) in [6.45, 7) is 1.46. The fourth-order valence-electron chi connectivity index (χ4n) is 2.94. The van der Waals surface area contributed by atoms with Crippen LogP contribution in [0.3, 0.4) is 0 Å². The molecule has 132 valence electrons. The molecule has 0 amide bonds. The maximum absolute atomic E-state index is 12.7. The molecule has 0 radical (unpaired) electrons. The average molecular weight is 351 g/mol. The fraction of sp³-hybridized carbons (Fsp3) is 0.500. The second kappa shape index (κ2) is 5.82. The molecule has 3 heterocycles. The number of alkyl halides is 3. The summed E-state index contributed by atoms with van der Waals surface area (Å²) in [6, 6.07) is 4.17. The topological polar surface area (TPSA) is 63.9 Å². The highest BCUT2D eigenvalue weighted by atomic mass is 19.4. The van der Waals surface area contributed by atoms with E-state index in [1.165, 1.54) is 10.7 Å². The van der Waals surface area contributed by atoms with Crippen molar-refractivity contribution >= 4 is 5.95 Å². The van der Waals surface area contributed by atoms with Crippen LogP contribution in [-0.2, 0) is 12.7 Å². The van der Waals surface area contributed by atoms with Gasteiger partial charge < -0.3 is 4.90 Å². The summed E-state index contributed by atoms with van der Waals surface area (Å²) in [5.41, 5.74) is -0.161. The minimum atomic E-state index is -4.48. The van der Waals surface area contributed by atoms with Gasteiger partial charge in [0.1, 0.15) is 5.69 Å². The molecule has 2 fully saturated rings. The van der Waals surface area contributed by atoms with E-state index in [1.807, 2.05) is 0 Å². The highest BCUT2D eigenvalue weighted by Gasteiger charge is 2.35. The number of nitrogens with zero attached hydrogens (tertiary/aromatic N) is 5. The van der Waals surface area contributed by atoms with Crippen molar-refractivity contribution in [3.05, 3.63) is 46.1 Å². The zero-order valence-electron chi connectivity index (χ0n) is 13.3. The number of rotatable bonds is 4. The van der Waals surface area contributed by atoms with Crippen LogP contribution in [0.25, 0.3) is 0 Å². The van der Waals surface area contributed by atoms with E-state index >= 15 is 0 Å². The molecular weight excluding hydrogens is 335 g/mol. The average Bonchev–Trinajstić information content (AvgIpc) is 3.36. The predicted octanol–water partition coefficient (Wildman–Crippen LogP) is 2.07. The lowest BCUT2D eigenvalue weighted by atomic mass is 10.0. The van der Waals surface area contributed by atoms with Gasteiger partial charge in [-0.05, 0) is 25.0 Å². The molecule has 0 atom stereocenters. The van der Waals surface area contributed by atoms with E-state index in [0.29, 0.717) is 25.6 Å². The van der Waals surface area contributed by atoms with Gasteiger partial charge in [0.05, 0.1) is 12.2 Å². The van der Waals surface area contributed by atoms with Gasteiger partial charge in [0.2, 0.25) is 5.95 Å². The van der Waals surface area contributed by atoms with E-state index in [2.05, 4.69) is 15.1 Å². The fourth-order valence-corrected chi connectivity index (χ4v) is 2.94. The Kier molecular flexibility index (Phi) is 3.73. The van der Waals surface area contributed by atoms with Gasteiger partial charge in [0.15, 0.2) is 0 Å². The van der Waals surface area contributed by atoms with Gasteiger partial charge in [-0.3, -0.25) is 4.79 Å². The Morgan fingerprint density at radius 1 is 1.16 bits per heavy atom. The summed E-state index contributed by atoms with van der Waals surface area (Å²) in [5.74, 6) is 0.666. The maximum atomic E-state index is 12.7. The number of hydrogen-bond acceptors (Lipinski definition) is 5. The molecule has 6 nitrogen and oxygen atoms in total. The van der Waals surface area contributed by atoms with E-state index in [9.17, 15) is 18.0 Å². The molecule has 0 N–H and O–H groups in total. The molecule has 0 unspecified atom stereocenters.